The SMILES string of the molecule is O=C1c2ccccc2C(=O)c2c1c(O)c1cc(S(=O)(=O)c3ccccc3)c(S(=O)(=O)c3ccccc3)cc1c2O. The van der Waals surface area contributed by atoms with Crippen molar-refractivity contribution in [3.63, 3.8) is 0 Å². The molecule has 0 saturated heterocycles. The maximum absolute atomic E-state index is 13.8. The number of hydrogen-bond acceptors (Lipinski definition) is 8. The van der Waals surface area contributed by atoms with Gasteiger partial charge in [-0.2, -0.15) is 0 Å². The molecule has 0 heterocycles. The van der Waals surface area contributed by atoms with Gasteiger partial charge in [0.2, 0.25) is 19.7 Å². The largest absolute Gasteiger partial charge is 0.506 e. The second-order valence-corrected chi connectivity index (χ2v) is 13.0. The summed E-state index contributed by atoms with van der Waals surface area (Å²) in [6, 6.07) is 22.0. The highest BCUT2D eigenvalue weighted by Gasteiger charge is 2.38. The summed E-state index contributed by atoms with van der Waals surface area (Å²) in [5, 5.41) is 21.9. The Kier molecular flexibility index (Phi) is 5.65. The average Bonchev–Trinajstić information content (AvgIpc) is 2.98. The minimum atomic E-state index is -4.50. The summed E-state index contributed by atoms with van der Waals surface area (Å²) in [6.07, 6.45) is 0. The first-order valence-electron chi connectivity index (χ1n) is 11.9. The van der Waals surface area contributed by atoms with E-state index in [4.69, 9.17) is 0 Å². The van der Waals surface area contributed by atoms with Crippen LogP contribution in [0.5, 0.6) is 11.5 Å². The molecular weight excluding hydrogens is 552 g/mol. The molecule has 0 saturated carbocycles. The van der Waals surface area contributed by atoms with Crippen LogP contribution in [0.3, 0.4) is 0 Å². The smallest absolute Gasteiger partial charge is 0.207 e. The Balaban J connectivity index is 1.75. The van der Waals surface area contributed by atoms with Crippen molar-refractivity contribution in [1.29, 1.82) is 0 Å². The standard InChI is InChI=1S/C30H18O8S2/c31-27-19-13-7-8-14-20(19)28(32)26-25(27)29(33)21-15-23(39(35,36)17-9-3-1-4-10-17)24(16-22(21)30(26)34)40(37,38)18-11-5-2-6-12-18/h1-16,33-34H. The van der Waals surface area contributed by atoms with Gasteiger partial charge in [-0.15, -0.1) is 0 Å². The third-order valence-electron chi connectivity index (χ3n) is 6.87. The van der Waals surface area contributed by atoms with Crippen LogP contribution in [-0.4, -0.2) is 38.6 Å². The van der Waals surface area contributed by atoms with Gasteiger partial charge in [0.25, 0.3) is 0 Å². The molecule has 0 aromatic heterocycles. The van der Waals surface area contributed by atoms with Crippen molar-refractivity contribution < 1.29 is 36.6 Å². The molecule has 0 bridgehead atoms. The van der Waals surface area contributed by atoms with Crippen molar-refractivity contribution in [3.05, 3.63) is 119 Å². The highest BCUT2D eigenvalue weighted by atomic mass is 32.2. The van der Waals surface area contributed by atoms with Crippen molar-refractivity contribution >= 4 is 42.0 Å². The second-order valence-electron chi connectivity index (χ2n) is 9.13. The van der Waals surface area contributed by atoms with E-state index in [0.29, 0.717) is 0 Å². The molecular formula is C30H18O8S2. The Morgan fingerprint density at radius 2 is 0.800 bits per heavy atom. The van der Waals surface area contributed by atoms with Gasteiger partial charge >= 0.3 is 0 Å². The van der Waals surface area contributed by atoms with Crippen LogP contribution in [0.4, 0.5) is 0 Å². The van der Waals surface area contributed by atoms with Gasteiger partial charge in [-0.1, -0.05) is 60.7 Å². The molecule has 1 aliphatic carbocycles. The molecule has 0 fully saturated rings. The summed E-state index contributed by atoms with van der Waals surface area (Å²) in [4.78, 5) is 24.9. The van der Waals surface area contributed by atoms with E-state index in [-0.39, 0.29) is 31.7 Å². The van der Waals surface area contributed by atoms with Crippen molar-refractivity contribution in [2.45, 2.75) is 19.6 Å². The molecule has 198 valence electrons. The van der Waals surface area contributed by atoms with Crippen molar-refractivity contribution in [2.75, 3.05) is 0 Å². The zero-order chi connectivity index (χ0) is 28.4. The van der Waals surface area contributed by atoms with Crippen LogP contribution in [0.1, 0.15) is 31.8 Å². The van der Waals surface area contributed by atoms with Crippen LogP contribution in [-0.2, 0) is 19.7 Å². The van der Waals surface area contributed by atoms with Gasteiger partial charge in [-0.05, 0) is 36.4 Å². The molecule has 0 aliphatic heterocycles. The minimum Gasteiger partial charge on any atom is -0.506 e. The summed E-state index contributed by atoms with van der Waals surface area (Å²) in [6.45, 7) is 0. The van der Waals surface area contributed by atoms with E-state index in [0.717, 1.165) is 12.1 Å². The number of phenolic OH excluding ortho intramolecular Hbond substituents is 2. The average molecular weight is 571 g/mol. The topological polar surface area (TPSA) is 143 Å². The summed E-state index contributed by atoms with van der Waals surface area (Å²) >= 11 is 0. The predicted molar refractivity (Wildman–Crippen MR) is 144 cm³/mol. The van der Waals surface area contributed by atoms with Crippen molar-refractivity contribution in [3.8, 4) is 11.5 Å². The van der Waals surface area contributed by atoms with Gasteiger partial charge in [0.1, 0.15) is 11.5 Å². The molecule has 0 amide bonds. The third-order valence-corrected chi connectivity index (χ3v) is 10.6. The fourth-order valence-corrected chi connectivity index (χ4v) is 8.31. The van der Waals surface area contributed by atoms with E-state index in [9.17, 15) is 36.6 Å². The van der Waals surface area contributed by atoms with Crippen LogP contribution in [0.15, 0.2) is 117 Å². The number of aromatic hydroxyl groups is 2. The fourth-order valence-electron chi connectivity index (χ4n) is 4.92. The monoisotopic (exact) mass is 570 g/mol. The molecule has 0 spiro atoms. The lowest BCUT2D eigenvalue weighted by Crippen LogP contribution is -2.21. The molecule has 40 heavy (non-hydrogen) atoms. The van der Waals surface area contributed by atoms with Crippen LogP contribution < -0.4 is 0 Å². The minimum absolute atomic E-state index is 0.00876. The Labute approximate surface area is 228 Å². The number of benzene rings is 5. The molecule has 5 aromatic rings. The molecule has 8 nitrogen and oxygen atoms in total. The van der Waals surface area contributed by atoms with E-state index in [1.165, 1.54) is 72.8 Å². The molecule has 0 atom stereocenters. The third kappa shape index (κ3) is 3.57. The zero-order valence-electron chi connectivity index (χ0n) is 20.4. The van der Waals surface area contributed by atoms with E-state index >= 15 is 0 Å². The fraction of sp³-hybridized carbons (Fsp3) is 0. The Hall–Kier alpha value is -4.80. The van der Waals surface area contributed by atoms with E-state index in [1.807, 2.05) is 0 Å². The molecule has 10 heteroatoms. The summed E-state index contributed by atoms with van der Waals surface area (Å²) < 4.78 is 55.2. The first-order chi connectivity index (χ1) is 19.0. The van der Waals surface area contributed by atoms with Gasteiger partial charge in [-0.3, -0.25) is 9.59 Å². The van der Waals surface area contributed by atoms with E-state index < -0.39 is 63.7 Å². The highest BCUT2D eigenvalue weighted by molar-refractivity contribution is 7.94. The Morgan fingerprint density at radius 1 is 0.475 bits per heavy atom. The second kappa shape index (κ2) is 8.87. The first kappa shape index (κ1) is 25.5. The van der Waals surface area contributed by atoms with Crippen molar-refractivity contribution in [1.82, 2.24) is 0 Å². The zero-order valence-corrected chi connectivity index (χ0v) is 22.0. The van der Waals surface area contributed by atoms with Gasteiger partial charge in [0.05, 0.1) is 30.7 Å². The molecule has 6 rings (SSSR count). The Morgan fingerprint density at radius 3 is 1.15 bits per heavy atom. The van der Waals surface area contributed by atoms with Gasteiger partial charge < -0.3 is 10.2 Å². The molecule has 5 aromatic carbocycles. The molecule has 0 radical (unpaired) electrons. The number of ketones is 2. The van der Waals surface area contributed by atoms with Crippen LogP contribution in [0, 0.1) is 0 Å². The number of sulfone groups is 2. The van der Waals surface area contributed by atoms with Gasteiger partial charge in [0.15, 0.2) is 11.6 Å². The molecule has 2 N–H and O–H groups in total. The van der Waals surface area contributed by atoms with Crippen molar-refractivity contribution in [2.24, 2.45) is 0 Å². The van der Waals surface area contributed by atoms with Gasteiger partial charge in [-0.25, -0.2) is 16.8 Å². The predicted octanol–water partition coefficient (Wildman–Crippen LogP) is 4.69. The number of rotatable bonds is 4. The lowest BCUT2D eigenvalue weighted by atomic mass is 9.81. The number of hydrogen-bond donors (Lipinski definition) is 2. The van der Waals surface area contributed by atoms with Crippen LogP contribution in [0.2, 0.25) is 0 Å². The highest BCUT2D eigenvalue weighted by Crippen LogP contribution is 2.47. The Bertz CT molecular complexity index is 1970. The first-order valence-corrected chi connectivity index (χ1v) is 14.9. The molecule has 0 unspecified atom stereocenters. The van der Waals surface area contributed by atoms with Crippen LogP contribution >= 0.6 is 0 Å². The lowest BCUT2D eigenvalue weighted by molar-refractivity contribution is 0.0974. The number of fused-ring (bicyclic) bond motifs is 3. The quantitative estimate of drug-likeness (QED) is 0.291. The number of carbonyl (C=O) groups is 2. The summed E-state index contributed by atoms with van der Waals surface area (Å²) in [5.74, 6) is -2.98. The lowest BCUT2D eigenvalue weighted by Gasteiger charge is -2.22. The number of carbonyl (C=O) groups excluding carboxylic acids is 2. The van der Waals surface area contributed by atoms with E-state index in [2.05, 4.69) is 0 Å². The summed E-state index contributed by atoms with van der Waals surface area (Å²) in [5.41, 5.74) is -0.963. The van der Waals surface area contributed by atoms with E-state index in [1.54, 1.807) is 12.1 Å². The molecule has 1 aliphatic rings. The van der Waals surface area contributed by atoms with Gasteiger partial charge in [0, 0.05) is 21.9 Å². The van der Waals surface area contributed by atoms with Crippen LogP contribution in [0.25, 0.3) is 10.8 Å². The maximum atomic E-state index is 13.8. The normalized spacial score (nSPS) is 13.2. The number of phenols is 2. The summed E-state index contributed by atoms with van der Waals surface area (Å²) in [7, 11) is -9.00. The maximum Gasteiger partial charge on any atom is 0.207 e.